The number of hydrogen-bond acceptors (Lipinski definition) is 3. The molecule has 0 aliphatic rings. The van der Waals surface area contributed by atoms with Crippen LogP contribution in [0, 0.1) is 0 Å². The van der Waals surface area contributed by atoms with Crippen molar-refractivity contribution in [3.8, 4) is 0 Å². The second-order valence-corrected chi connectivity index (χ2v) is 7.20. The second-order valence-electron chi connectivity index (χ2n) is 4.68. The molecule has 5 heteroatoms. The molecular formula is C11H18N2O2S. The van der Waals surface area contributed by atoms with Crippen LogP contribution in [-0.4, -0.2) is 13.2 Å². The van der Waals surface area contributed by atoms with Gasteiger partial charge in [0.25, 0.3) is 0 Å². The lowest BCUT2D eigenvalue weighted by atomic mass is 10.2. The molecule has 1 aromatic carbocycles. The predicted molar refractivity (Wildman–Crippen MR) is 66.4 cm³/mol. The van der Waals surface area contributed by atoms with Crippen LogP contribution in [0.3, 0.4) is 0 Å². The van der Waals surface area contributed by atoms with E-state index in [0.717, 1.165) is 5.56 Å². The van der Waals surface area contributed by atoms with Crippen LogP contribution in [0.5, 0.6) is 0 Å². The number of nitrogens with two attached hydrogens (primary N) is 1. The zero-order valence-electron chi connectivity index (χ0n) is 9.82. The van der Waals surface area contributed by atoms with Crippen LogP contribution in [0.25, 0.3) is 0 Å². The van der Waals surface area contributed by atoms with E-state index in [2.05, 4.69) is 4.72 Å². The molecule has 1 aromatic rings. The molecule has 0 fully saturated rings. The van der Waals surface area contributed by atoms with Gasteiger partial charge in [0.2, 0.25) is 10.0 Å². The maximum absolute atomic E-state index is 11.8. The third kappa shape index (κ3) is 3.21. The smallest absolute Gasteiger partial charge is 0.216 e. The third-order valence-corrected chi connectivity index (χ3v) is 4.36. The van der Waals surface area contributed by atoms with E-state index in [4.69, 9.17) is 5.73 Å². The molecule has 0 aliphatic heterocycles. The minimum atomic E-state index is -3.30. The first-order valence-corrected chi connectivity index (χ1v) is 6.54. The fourth-order valence-corrected chi connectivity index (χ4v) is 1.89. The summed E-state index contributed by atoms with van der Waals surface area (Å²) in [5.74, 6) is 0. The number of nitrogen functional groups attached to an aromatic ring is 1. The van der Waals surface area contributed by atoms with Crippen molar-refractivity contribution < 1.29 is 8.42 Å². The van der Waals surface area contributed by atoms with Gasteiger partial charge in [0, 0.05) is 12.2 Å². The van der Waals surface area contributed by atoms with Crippen molar-refractivity contribution in [2.24, 2.45) is 0 Å². The average molecular weight is 242 g/mol. The Labute approximate surface area is 96.9 Å². The summed E-state index contributed by atoms with van der Waals surface area (Å²) in [6.07, 6.45) is 0. The zero-order chi connectivity index (χ0) is 12.4. The Morgan fingerprint density at radius 3 is 2.44 bits per heavy atom. The van der Waals surface area contributed by atoms with E-state index in [0.29, 0.717) is 5.69 Å². The number of hydrogen-bond donors (Lipinski definition) is 2. The molecule has 0 unspecified atom stereocenters. The van der Waals surface area contributed by atoms with Gasteiger partial charge in [0.05, 0.1) is 4.75 Å². The van der Waals surface area contributed by atoms with Crippen molar-refractivity contribution in [1.29, 1.82) is 0 Å². The minimum Gasteiger partial charge on any atom is -0.399 e. The van der Waals surface area contributed by atoms with Crippen molar-refractivity contribution in [3.63, 3.8) is 0 Å². The molecule has 0 aliphatic carbocycles. The van der Waals surface area contributed by atoms with Crippen molar-refractivity contribution >= 4 is 15.7 Å². The van der Waals surface area contributed by atoms with E-state index in [-0.39, 0.29) is 6.54 Å². The fourth-order valence-electron chi connectivity index (χ4n) is 1.10. The Morgan fingerprint density at radius 2 is 1.94 bits per heavy atom. The zero-order valence-corrected chi connectivity index (χ0v) is 10.6. The molecule has 0 heterocycles. The van der Waals surface area contributed by atoms with Gasteiger partial charge in [0.1, 0.15) is 0 Å². The molecule has 0 saturated heterocycles. The SMILES string of the molecule is CC(C)(C)S(=O)(=O)NCc1cccc(N)c1. The van der Waals surface area contributed by atoms with Gasteiger partial charge in [-0.3, -0.25) is 0 Å². The Morgan fingerprint density at radius 1 is 1.31 bits per heavy atom. The quantitative estimate of drug-likeness (QED) is 0.789. The summed E-state index contributed by atoms with van der Waals surface area (Å²) in [4.78, 5) is 0. The Balaban J connectivity index is 2.73. The number of sulfonamides is 1. The first-order chi connectivity index (χ1) is 7.22. The van der Waals surface area contributed by atoms with Crippen LogP contribution in [0.2, 0.25) is 0 Å². The van der Waals surface area contributed by atoms with Gasteiger partial charge < -0.3 is 5.73 Å². The van der Waals surface area contributed by atoms with Gasteiger partial charge in [0.15, 0.2) is 0 Å². The number of benzene rings is 1. The van der Waals surface area contributed by atoms with Crippen LogP contribution in [0.4, 0.5) is 5.69 Å². The largest absolute Gasteiger partial charge is 0.399 e. The molecule has 90 valence electrons. The Kier molecular flexibility index (Phi) is 3.60. The lowest BCUT2D eigenvalue weighted by Gasteiger charge is -2.19. The van der Waals surface area contributed by atoms with E-state index >= 15 is 0 Å². The molecule has 0 aromatic heterocycles. The molecule has 16 heavy (non-hydrogen) atoms. The highest BCUT2D eigenvalue weighted by atomic mass is 32.2. The lowest BCUT2D eigenvalue weighted by Crippen LogP contribution is -2.38. The van der Waals surface area contributed by atoms with Crippen LogP contribution >= 0.6 is 0 Å². The first kappa shape index (κ1) is 13.0. The molecule has 0 bridgehead atoms. The highest BCUT2D eigenvalue weighted by molar-refractivity contribution is 7.90. The summed E-state index contributed by atoms with van der Waals surface area (Å²) in [5.41, 5.74) is 7.09. The van der Waals surface area contributed by atoms with E-state index in [1.807, 2.05) is 6.07 Å². The maximum atomic E-state index is 11.8. The number of rotatable bonds is 3. The van der Waals surface area contributed by atoms with Crippen LogP contribution in [0.15, 0.2) is 24.3 Å². The maximum Gasteiger partial charge on any atom is 0.216 e. The van der Waals surface area contributed by atoms with Gasteiger partial charge in [-0.25, -0.2) is 13.1 Å². The normalized spacial score (nSPS) is 12.7. The molecule has 1 rings (SSSR count). The first-order valence-electron chi connectivity index (χ1n) is 5.06. The highest BCUT2D eigenvalue weighted by Gasteiger charge is 2.28. The van der Waals surface area contributed by atoms with E-state index in [9.17, 15) is 8.42 Å². The van der Waals surface area contributed by atoms with Crippen molar-refractivity contribution in [2.75, 3.05) is 5.73 Å². The van der Waals surface area contributed by atoms with Gasteiger partial charge in [-0.15, -0.1) is 0 Å². The topological polar surface area (TPSA) is 72.2 Å². The third-order valence-electron chi connectivity index (χ3n) is 2.22. The van der Waals surface area contributed by atoms with Gasteiger partial charge in [-0.05, 0) is 38.5 Å². The minimum absolute atomic E-state index is 0.268. The molecule has 0 saturated carbocycles. The summed E-state index contributed by atoms with van der Waals surface area (Å²) in [5, 5.41) is 0. The summed E-state index contributed by atoms with van der Waals surface area (Å²) in [6.45, 7) is 5.25. The number of anilines is 1. The predicted octanol–water partition coefficient (Wildman–Crippen LogP) is 1.49. The summed E-state index contributed by atoms with van der Waals surface area (Å²) in [7, 11) is -3.30. The van der Waals surface area contributed by atoms with E-state index < -0.39 is 14.8 Å². The average Bonchev–Trinajstić information content (AvgIpc) is 2.13. The Hall–Kier alpha value is -1.07. The van der Waals surface area contributed by atoms with Crippen molar-refractivity contribution in [1.82, 2.24) is 4.72 Å². The van der Waals surface area contributed by atoms with Gasteiger partial charge in [-0.1, -0.05) is 12.1 Å². The van der Waals surface area contributed by atoms with Crippen molar-refractivity contribution in [2.45, 2.75) is 32.1 Å². The number of nitrogens with one attached hydrogen (secondary N) is 1. The second kappa shape index (κ2) is 4.43. The summed E-state index contributed by atoms with van der Waals surface area (Å²) < 4.78 is 25.3. The Bertz CT molecular complexity index is 461. The molecule has 4 nitrogen and oxygen atoms in total. The summed E-state index contributed by atoms with van der Waals surface area (Å²) in [6, 6.07) is 7.16. The highest BCUT2D eigenvalue weighted by Crippen LogP contribution is 2.14. The fraction of sp³-hybridized carbons (Fsp3) is 0.455. The molecule has 0 spiro atoms. The lowest BCUT2D eigenvalue weighted by molar-refractivity contribution is 0.544. The van der Waals surface area contributed by atoms with Gasteiger partial charge in [-0.2, -0.15) is 0 Å². The molecule has 0 amide bonds. The van der Waals surface area contributed by atoms with Crippen LogP contribution in [-0.2, 0) is 16.6 Å². The van der Waals surface area contributed by atoms with E-state index in [1.165, 1.54) is 0 Å². The monoisotopic (exact) mass is 242 g/mol. The van der Waals surface area contributed by atoms with Gasteiger partial charge >= 0.3 is 0 Å². The van der Waals surface area contributed by atoms with Crippen LogP contribution < -0.4 is 10.5 Å². The van der Waals surface area contributed by atoms with Crippen LogP contribution in [0.1, 0.15) is 26.3 Å². The van der Waals surface area contributed by atoms with E-state index in [1.54, 1.807) is 39.0 Å². The molecule has 0 atom stereocenters. The standard InChI is InChI=1S/C11H18N2O2S/c1-11(2,3)16(14,15)13-8-9-5-4-6-10(12)7-9/h4-7,13H,8,12H2,1-3H3. The molecule has 3 N–H and O–H groups in total. The molecule has 0 radical (unpaired) electrons. The summed E-state index contributed by atoms with van der Waals surface area (Å²) >= 11 is 0. The van der Waals surface area contributed by atoms with Crippen molar-refractivity contribution in [3.05, 3.63) is 29.8 Å². The molecular weight excluding hydrogens is 224 g/mol.